The molecule has 1 aliphatic rings. The molecule has 0 spiro atoms. The van der Waals surface area contributed by atoms with Crippen molar-refractivity contribution in [3.63, 3.8) is 0 Å². The average molecular weight is 315 g/mol. The molecule has 0 aliphatic heterocycles. The number of nitrogens with zero attached hydrogens (tertiary/aromatic N) is 2. The van der Waals surface area contributed by atoms with E-state index in [-0.39, 0.29) is 24.6 Å². The van der Waals surface area contributed by atoms with Crippen LogP contribution in [-0.2, 0) is 11.3 Å². The number of benzene rings is 1. The van der Waals surface area contributed by atoms with Crippen LogP contribution < -0.4 is 10.9 Å². The Bertz CT molecular complexity index is 791. The predicted molar refractivity (Wildman–Crippen MR) is 87.2 cm³/mol. The SMILES string of the molecule is Cc1nn(CC(=O)NCC2(O)CCCC2)c(=O)c2ccccc12. The van der Waals surface area contributed by atoms with Gasteiger partial charge < -0.3 is 10.4 Å². The number of carbonyl (C=O) groups is 1. The van der Waals surface area contributed by atoms with Crippen LogP contribution in [0.3, 0.4) is 0 Å². The van der Waals surface area contributed by atoms with Gasteiger partial charge in [-0.25, -0.2) is 4.68 Å². The van der Waals surface area contributed by atoms with E-state index in [0.29, 0.717) is 23.9 Å². The summed E-state index contributed by atoms with van der Waals surface area (Å²) in [7, 11) is 0. The van der Waals surface area contributed by atoms with Crippen LogP contribution in [0.25, 0.3) is 10.8 Å². The molecule has 0 bridgehead atoms. The quantitative estimate of drug-likeness (QED) is 0.886. The maximum atomic E-state index is 12.4. The van der Waals surface area contributed by atoms with Gasteiger partial charge >= 0.3 is 0 Å². The molecule has 1 aromatic carbocycles. The number of rotatable bonds is 4. The van der Waals surface area contributed by atoms with Crippen LogP contribution in [0.5, 0.6) is 0 Å². The first-order valence-electron chi connectivity index (χ1n) is 7.94. The highest BCUT2D eigenvalue weighted by molar-refractivity contribution is 5.83. The van der Waals surface area contributed by atoms with Gasteiger partial charge in [0.2, 0.25) is 5.91 Å². The Morgan fingerprint density at radius 3 is 2.65 bits per heavy atom. The first kappa shape index (κ1) is 15.7. The molecule has 2 N–H and O–H groups in total. The van der Waals surface area contributed by atoms with E-state index in [1.165, 1.54) is 4.68 Å². The Hall–Kier alpha value is -2.21. The highest BCUT2D eigenvalue weighted by Gasteiger charge is 2.31. The van der Waals surface area contributed by atoms with Crippen molar-refractivity contribution >= 4 is 16.7 Å². The van der Waals surface area contributed by atoms with E-state index in [1.807, 2.05) is 19.1 Å². The number of aliphatic hydroxyl groups is 1. The largest absolute Gasteiger partial charge is 0.388 e. The minimum atomic E-state index is -0.798. The summed E-state index contributed by atoms with van der Waals surface area (Å²) >= 11 is 0. The molecule has 0 saturated heterocycles. The first-order chi connectivity index (χ1) is 11.0. The van der Waals surface area contributed by atoms with Crippen LogP contribution in [-0.4, -0.2) is 32.9 Å². The van der Waals surface area contributed by atoms with Crippen molar-refractivity contribution in [1.29, 1.82) is 0 Å². The van der Waals surface area contributed by atoms with Gasteiger partial charge in [-0.2, -0.15) is 5.10 Å². The lowest BCUT2D eigenvalue weighted by Crippen LogP contribution is -2.43. The van der Waals surface area contributed by atoms with E-state index in [4.69, 9.17) is 0 Å². The molecular formula is C17H21N3O3. The summed E-state index contributed by atoms with van der Waals surface area (Å²) in [6, 6.07) is 7.24. The summed E-state index contributed by atoms with van der Waals surface area (Å²) in [5.74, 6) is -0.311. The third kappa shape index (κ3) is 3.27. The molecule has 122 valence electrons. The zero-order valence-electron chi connectivity index (χ0n) is 13.2. The van der Waals surface area contributed by atoms with Crippen LogP contribution in [0.2, 0.25) is 0 Å². The monoisotopic (exact) mass is 315 g/mol. The van der Waals surface area contributed by atoms with E-state index in [2.05, 4.69) is 10.4 Å². The van der Waals surface area contributed by atoms with Crippen LogP contribution >= 0.6 is 0 Å². The Morgan fingerprint density at radius 1 is 1.30 bits per heavy atom. The summed E-state index contributed by atoms with van der Waals surface area (Å²) in [4.78, 5) is 24.5. The Labute approximate surface area is 134 Å². The first-order valence-corrected chi connectivity index (χ1v) is 7.94. The Kier molecular flexibility index (Phi) is 4.17. The van der Waals surface area contributed by atoms with Crippen molar-refractivity contribution in [1.82, 2.24) is 15.1 Å². The molecule has 0 radical (unpaired) electrons. The molecular weight excluding hydrogens is 294 g/mol. The minimum Gasteiger partial charge on any atom is -0.388 e. The minimum absolute atomic E-state index is 0.138. The van der Waals surface area contributed by atoms with Crippen molar-refractivity contribution in [3.8, 4) is 0 Å². The normalized spacial score (nSPS) is 16.6. The lowest BCUT2D eigenvalue weighted by atomic mass is 10.0. The van der Waals surface area contributed by atoms with Gasteiger partial charge in [0.1, 0.15) is 6.54 Å². The van der Waals surface area contributed by atoms with Crippen LogP contribution in [0.15, 0.2) is 29.1 Å². The van der Waals surface area contributed by atoms with Crippen LogP contribution in [0.4, 0.5) is 0 Å². The van der Waals surface area contributed by atoms with Gasteiger partial charge in [-0.15, -0.1) is 0 Å². The third-order valence-electron chi connectivity index (χ3n) is 4.49. The second-order valence-corrected chi connectivity index (χ2v) is 6.30. The molecule has 0 atom stereocenters. The topological polar surface area (TPSA) is 84.2 Å². The second kappa shape index (κ2) is 6.12. The average Bonchev–Trinajstić information content (AvgIpc) is 2.98. The molecule has 1 fully saturated rings. The summed E-state index contributed by atoms with van der Waals surface area (Å²) in [5.41, 5.74) is -0.365. The molecule has 6 heteroatoms. The molecule has 23 heavy (non-hydrogen) atoms. The number of fused-ring (bicyclic) bond motifs is 1. The molecule has 1 aromatic heterocycles. The van der Waals surface area contributed by atoms with Crippen molar-refractivity contribution in [2.75, 3.05) is 6.54 Å². The molecule has 0 unspecified atom stereocenters. The number of aromatic nitrogens is 2. The third-order valence-corrected chi connectivity index (χ3v) is 4.49. The van der Waals surface area contributed by atoms with Gasteiger partial charge in [0.25, 0.3) is 5.56 Å². The van der Waals surface area contributed by atoms with Gasteiger partial charge in [-0.05, 0) is 25.8 Å². The van der Waals surface area contributed by atoms with E-state index in [9.17, 15) is 14.7 Å². The van der Waals surface area contributed by atoms with Crippen molar-refractivity contribution in [3.05, 3.63) is 40.3 Å². The molecule has 3 rings (SSSR count). The molecule has 1 saturated carbocycles. The summed E-state index contributed by atoms with van der Waals surface area (Å²) < 4.78 is 1.19. The lowest BCUT2D eigenvalue weighted by Gasteiger charge is -2.22. The van der Waals surface area contributed by atoms with Gasteiger partial charge in [-0.3, -0.25) is 9.59 Å². The van der Waals surface area contributed by atoms with E-state index < -0.39 is 5.60 Å². The van der Waals surface area contributed by atoms with Gasteiger partial charge in [0.05, 0.1) is 16.7 Å². The zero-order valence-corrected chi connectivity index (χ0v) is 13.2. The molecule has 1 aliphatic carbocycles. The summed E-state index contributed by atoms with van der Waals surface area (Å²) in [5, 5.41) is 18.5. The van der Waals surface area contributed by atoms with Crippen molar-refractivity contribution in [2.45, 2.75) is 44.8 Å². The van der Waals surface area contributed by atoms with E-state index >= 15 is 0 Å². The van der Waals surface area contributed by atoms with Crippen molar-refractivity contribution in [2.24, 2.45) is 0 Å². The molecule has 1 amide bonds. The van der Waals surface area contributed by atoms with Crippen LogP contribution in [0, 0.1) is 6.92 Å². The molecule has 6 nitrogen and oxygen atoms in total. The number of amides is 1. The standard InChI is InChI=1S/C17H21N3O3/c1-12-13-6-2-3-7-14(13)16(22)20(19-12)10-15(21)18-11-17(23)8-4-5-9-17/h2-3,6-7,23H,4-5,8-11H2,1H3,(H,18,21). The van der Waals surface area contributed by atoms with Gasteiger partial charge in [0, 0.05) is 11.9 Å². The van der Waals surface area contributed by atoms with Gasteiger partial charge in [0.15, 0.2) is 0 Å². The van der Waals surface area contributed by atoms with Gasteiger partial charge in [-0.1, -0.05) is 31.0 Å². The lowest BCUT2D eigenvalue weighted by molar-refractivity contribution is -0.123. The Balaban J connectivity index is 1.75. The predicted octanol–water partition coefficient (Wildman–Crippen LogP) is 1.13. The van der Waals surface area contributed by atoms with E-state index in [0.717, 1.165) is 18.2 Å². The summed E-state index contributed by atoms with van der Waals surface area (Å²) in [6.07, 6.45) is 3.38. The highest BCUT2D eigenvalue weighted by Crippen LogP contribution is 2.28. The van der Waals surface area contributed by atoms with Crippen molar-refractivity contribution < 1.29 is 9.90 Å². The summed E-state index contributed by atoms with van der Waals surface area (Å²) in [6.45, 7) is 1.91. The van der Waals surface area contributed by atoms with Crippen LogP contribution in [0.1, 0.15) is 31.4 Å². The Morgan fingerprint density at radius 2 is 1.96 bits per heavy atom. The van der Waals surface area contributed by atoms with E-state index in [1.54, 1.807) is 12.1 Å². The highest BCUT2D eigenvalue weighted by atomic mass is 16.3. The zero-order chi connectivity index (χ0) is 16.4. The number of aryl methyl sites for hydroxylation is 1. The molecule has 1 heterocycles. The molecule has 2 aromatic rings. The number of carbonyl (C=O) groups excluding carboxylic acids is 1. The maximum Gasteiger partial charge on any atom is 0.275 e. The maximum absolute atomic E-state index is 12.4. The number of nitrogens with one attached hydrogen (secondary N) is 1. The second-order valence-electron chi connectivity index (χ2n) is 6.30. The smallest absolute Gasteiger partial charge is 0.275 e. The fraction of sp³-hybridized carbons (Fsp3) is 0.471. The number of hydrogen-bond acceptors (Lipinski definition) is 4. The number of hydrogen-bond donors (Lipinski definition) is 2. The fourth-order valence-corrected chi connectivity index (χ4v) is 3.18. The fourth-order valence-electron chi connectivity index (χ4n) is 3.18.